The summed E-state index contributed by atoms with van der Waals surface area (Å²) in [6.07, 6.45) is -1.65. The van der Waals surface area contributed by atoms with Crippen LogP contribution in [-0.2, 0) is 22.3 Å². The van der Waals surface area contributed by atoms with Gasteiger partial charge in [0.2, 0.25) is 5.95 Å². The van der Waals surface area contributed by atoms with Crippen LogP contribution in [0, 0.1) is 0 Å². The first kappa shape index (κ1) is 32.0. The maximum atomic E-state index is 14.4. The molecular weight excluding hydrogens is 619 g/mol. The lowest BCUT2D eigenvalue weighted by molar-refractivity contribution is -0.137. The Bertz CT molecular complexity index is 1760. The number of fused-ring (bicyclic) bond motifs is 1. The maximum Gasteiger partial charge on any atom is 0.420 e. The van der Waals surface area contributed by atoms with Crippen molar-refractivity contribution in [1.29, 1.82) is 0 Å². The van der Waals surface area contributed by atoms with Gasteiger partial charge in [0, 0.05) is 36.8 Å². The van der Waals surface area contributed by atoms with Crippen LogP contribution in [-0.4, -0.2) is 72.0 Å². The zero-order valence-electron chi connectivity index (χ0n) is 25.5. The number of nitrogens with two attached hydrogens (primary N) is 1. The van der Waals surface area contributed by atoms with Gasteiger partial charge in [-0.2, -0.15) is 18.3 Å². The Morgan fingerprint density at radius 1 is 1.13 bits per heavy atom. The zero-order valence-corrected chi connectivity index (χ0v) is 25.5. The highest BCUT2D eigenvalue weighted by atomic mass is 19.4. The fourth-order valence-corrected chi connectivity index (χ4v) is 5.81. The molecule has 4 N–H and O–H groups in total. The van der Waals surface area contributed by atoms with Crippen molar-refractivity contribution in [3.63, 3.8) is 0 Å². The third-order valence-corrected chi connectivity index (χ3v) is 8.33. The molecule has 2 aliphatic rings. The molecule has 4 aromatic rings. The molecule has 248 valence electrons. The van der Waals surface area contributed by atoms with E-state index in [-0.39, 0.29) is 59.4 Å². The maximum absolute atomic E-state index is 14.4. The van der Waals surface area contributed by atoms with Gasteiger partial charge in [0.1, 0.15) is 29.3 Å². The van der Waals surface area contributed by atoms with Crippen LogP contribution >= 0.6 is 0 Å². The molecule has 0 bridgehead atoms. The summed E-state index contributed by atoms with van der Waals surface area (Å²) in [5, 5.41) is 20.1. The Hall–Kier alpha value is -4.99. The number of piperidine rings is 1. The number of anilines is 1. The standard InChI is InChI=1S/C31H34F3N9O4/c1-18-10-11-20(16-42(18)30(44)47-17-19-7-3-2-4-8-19)37-29-36-15-22(31(32,33)34)26(39-29)25-21-12-13-23(27(35)41-45)38-28(21)43(40-25)24-9-5-6-14-46-24/h2-4,7-8,12-13,15,18,20,24,45H,5-6,9-11,14,16-17H2,1H3,(H2,35,41)(H,36,37,39)/t18-,20-,24?/m0/s1. The summed E-state index contributed by atoms with van der Waals surface area (Å²) in [5.74, 6) is -0.321. The smallest absolute Gasteiger partial charge is 0.420 e. The summed E-state index contributed by atoms with van der Waals surface area (Å²) in [6, 6.07) is 11.8. The number of hydrogen-bond donors (Lipinski definition) is 3. The molecule has 3 aromatic heterocycles. The van der Waals surface area contributed by atoms with E-state index in [1.54, 1.807) is 4.90 Å². The van der Waals surface area contributed by atoms with Crippen molar-refractivity contribution in [3.8, 4) is 11.4 Å². The van der Waals surface area contributed by atoms with E-state index in [4.69, 9.17) is 15.2 Å². The number of hydrogen-bond acceptors (Lipinski definition) is 10. The molecule has 47 heavy (non-hydrogen) atoms. The van der Waals surface area contributed by atoms with E-state index >= 15 is 0 Å². The topological polar surface area (TPSA) is 166 Å². The average Bonchev–Trinajstić information content (AvgIpc) is 3.47. The normalized spacial score (nSPS) is 20.7. The van der Waals surface area contributed by atoms with Crippen LogP contribution in [0.3, 0.4) is 0 Å². The number of amidine groups is 1. The number of rotatable bonds is 7. The molecule has 16 heteroatoms. The number of aromatic nitrogens is 5. The minimum Gasteiger partial charge on any atom is -0.445 e. The number of nitrogens with zero attached hydrogens (tertiary/aromatic N) is 7. The van der Waals surface area contributed by atoms with E-state index in [1.807, 2.05) is 37.3 Å². The number of carbonyl (C=O) groups excluding carboxylic acids is 1. The van der Waals surface area contributed by atoms with Crippen LogP contribution in [0.1, 0.15) is 62.1 Å². The number of alkyl halides is 3. The third-order valence-electron chi connectivity index (χ3n) is 8.33. The molecule has 6 rings (SSSR count). The van der Waals surface area contributed by atoms with E-state index in [1.165, 1.54) is 16.8 Å². The van der Waals surface area contributed by atoms with Gasteiger partial charge in [-0.3, -0.25) is 0 Å². The number of amides is 1. The second-order valence-electron chi connectivity index (χ2n) is 11.6. The van der Waals surface area contributed by atoms with Gasteiger partial charge in [0.15, 0.2) is 17.7 Å². The predicted molar refractivity (Wildman–Crippen MR) is 164 cm³/mol. The van der Waals surface area contributed by atoms with Gasteiger partial charge >= 0.3 is 12.3 Å². The second-order valence-corrected chi connectivity index (χ2v) is 11.6. The Kier molecular flexibility index (Phi) is 9.11. The van der Waals surface area contributed by atoms with E-state index < -0.39 is 29.8 Å². The van der Waals surface area contributed by atoms with Gasteiger partial charge in [0.25, 0.3) is 0 Å². The van der Waals surface area contributed by atoms with E-state index in [0.29, 0.717) is 25.9 Å². The Labute approximate surface area is 267 Å². The highest BCUT2D eigenvalue weighted by molar-refractivity contribution is 5.99. The van der Waals surface area contributed by atoms with Crippen LogP contribution < -0.4 is 11.1 Å². The molecule has 1 amide bonds. The summed E-state index contributed by atoms with van der Waals surface area (Å²) in [6.45, 7) is 2.73. The molecule has 13 nitrogen and oxygen atoms in total. The van der Waals surface area contributed by atoms with Crippen molar-refractivity contribution in [1.82, 2.24) is 29.6 Å². The van der Waals surface area contributed by atoms with Crippen LogP contribution in [0.5, 0.6) is 0 Å². The van der Waals surface area contributed by atoms with E-state index in [9.17, 15) is 23.2 Å². The SMILES string of the molecule is C[C@H]1CC[C@H](Nc2ncc(C(F)(F)F)c(-c3nn(C4CCCCO4)c4nc(/C(N)=N/O)ccc34)n2)CN1C(=O)OCc1ccccc1. The monoisotopic (exact) mass is 653 g/mol. The lowest BCUT2D eigenvalue weighted by Crippen LogP contribution is -2.50. The van der Waals surface area contributed by atoms with Gasteiger partial charge in [0.05, 0.1) is 0 Å². The van der Waals surface area contributed by atoms with Crippen molar-refractivity contribution in [2.24, 2.45) is 10.9 Å². The molecule has 2 saturated heterocycles. The molecule has 3 atom stereocenters. The van der Waals surface area contributed by atoms with Gasteiger partial charge in [-0.05, 0) is 56.7 Å². The van der Waals surface area contributed by atoms with Crippen molar-refractivity contribution < 1.29 is 32.6 Å². The van der Waals surface area contributed by atoms with E-state index in [2.05, 4.69) is 30.5 Å². The molecule has 0 saturated carbocycles. The highest BCUT2D eigenvalue weighted by Gasteiger charge is 2.38. The van der Waals surface area contributed by atoms with E-state index in [0.717, 1.165) is 24.6 Å². The molecule has 2 aliphatic heterocycles. The number of oxime groups is 1. The minimum atomic E-state index is -4.80. The summed E-state index contributed by atoms with van der Waals surface area (Å²) in [4.78, 5) is 27.4. The Morgan fingerprint density at radius 3 is 2.66 bits per heavy atom. The third kappa shape index (κ3) is 6.91. The summed E-state index contributed by atoms with van der Waals surface area (Å²) >= 11 is 0. The van der Waals surface area contributed by atoms with Gasteiger partial charge in [-0.15, -0.1) is 0 Å². The molecule has 0 radical (unpaired) electrons. The van der Waals surface area contributed by atoms with Crippen molar-refractivity contribution in [3.05, 3.63) is 65.5 Å². The first-order valence-electron chi connectivity index (χ1n) is 15.3. The number of carbonyl (C=O) groups is 1. The number of likely N-dealkylation sites (tertiary alicyclic amines) is 1. The molecule has 0 aliphatic carbocycles. The van der Waals surface area contributed by atoms with Crippen LogP contribution in [0.2, 0.25) is 0 Å². The largest absolute Gasteiger partial charge is 0.445 e. The van der Waals surface area contributed by atoms with Gasteiger partial charge in [-0.1, -0.05) is 35.5 Å². The fourth-order valence-electron chi connectivity index (χ4n) is 5.81. The van der Waals surface area contributed by atoms with Crippen molar-refractivity contribution in [2.75, 3.05) is 18.5 Å². The summed E-state index contributed by atoms with van der Waals surface area (Å²) < 4.78 is 56.0. The average molecular weight is 654 g/mol. The fraction of sp³-hybridized carbons (Fsp3) is 0.419. The molecular formula is C31H34F3N9O4. The first-order valence-corrected chi connectivity index (χ1v) is 15.3. The number of benzene rings is 1. The van der Waals surface area contributed by atoms with Crippen molar-refractivity contribution >= 4 is 28.9 Å². The Balaban J connectivity index is 1.31. The minimum absolute atomic E-state index is 0.0528. The van der Waals surface area contributed by atoms with Gasteiger partial charge < -0.3 is 30.6 Å². The number of nitrogens with one attached hydrogen (secondary N) is 1. The number of halogens is 3. The highest BCUT2D eigenvalue weighted by Crippen LogP contribution is 2.39. The van der Waals surface area contributed by atoms with Crippen LogP contribution in [0.15, 0.2) is 53.8 Å². The molecule has 1 aromatic carbocycles. The lowest BCUT2D eigenvalue weighted by atomic mass is 10.00. The number of ether oxygens (including phenoxy) is 2. The van der Waals surface area contributed by atoms with Crippen LogP contribution in [0.25, 0.3) is 22.4 Å². The predicted octanol–water partition coefficient (Wildman–Crippen LogP) is 5.30. The second kappa shape index (κ2) is 13.4. The molecule has 5 heterocycles. The summed E-state index contributed by atoms with van der Waals surface area (Å²) in [5.41, 5.74) is 5.33. The molecule has 0 spiro atoms. The molecule has 2 fully saturated rings. The lowest BCUT2D eigenvalue weighted by Gasteiger charge is -2.37. The first-order chi connectivity index (χ1) is 22.6. The molecule has 1 unspecified atom stereocenters. The number of pyridine rings is 1. The van der Waals surface area contributed by atoms with Gasteiger partial charge in [-0.25, -0.2) is 24.4 Å². The zero-order chi connectivity index (χ0) is 33.1. The van der Waals surface area contributed by atoms with Crippen LogP contribution in [0.4, 0.5) is 23.9 Å². The quantitative estimate of drug-likeness (QED) is 0.103. The Morgan fingerprint density at radius 2 is 1.94 bits per heavy atom. The van der Waals surface area contributed by atoms with Crippen molar-refractivity contribution in [2.45, 2.75) is 70.1 Å². The summed E-state index contributed by atoms with van der Waals surface area (Å²) in [7, 11) is 0.